The number of phenols is 1. The lowest BCUT2D eigenvalue weighted by molar-refractivity contribution is -0.131. The van der Waals surface area contributed by atoms with Gasteiger partial charge < -0.3 is 30.8 Å². The topological polar surface area (TPSA) is 178 Å². The summed E-state index contributed by atoms with van der Waals surface area (Å²) in [5.74, 6) is -1.10. The predicted molar refractivity (Wildman–Crippen MR) is 175 cm³/mol. The van der Waals surface area contributed by atoms with E-state index < -0.39 is 12.5 Å². The number of carbonyl (C=O) groups excluding carboxylic acids is 3. The van der Waals surface area contributed by atoms with Crippen molar-refractivity contribution in [1.82, 2.24) is 10.3 Å². The van der Waals surface area contributed by atoms with E-state index in [4.69, 9.17) is 4.74 Å². The average Bonchev–Trinajstić information content (AvgIpc) is 2.97. The second kappa shape index (κ2) is 19.3. The zero-order valence-electron chi connectivity index (χ0n) is 27.1. The molecule has 0 bridgehead atoms. The number of hydrogen-bond acceptors (Lipinski definition) is 9. The van der Waals surface area contributed by atoms with Gasteiger partial charge in [0.15, 0.2) is 5.78 Å². The maximum absolute atomic E-state index is 13.6. The Morgan fingerprint density at radius 3 is 2.39 bits per heavy atom. The Balaban J connectivity index is 0. The summed E-state index contributed by atoms with van der Waals surface area (Å²) in [7, 11) is 5.30. The number of ether oxygens (including phenoxy) is 1. The molecule has 0 aliphatic heterocycles. The summed E-state index contributed by atoms with van der Waals surface area (Å²) in [6.07, 6.45) is 5.39. The molecule has 1 aromatic heterocycles. The number of benzene rings is 1. The summed E-state index contributed by atoms with van der Waals surface area (Å²) in [5.41, 5.74) is 3.49. The standard InChI is InChI=1S/C32H43NO7.C2H7N.H2O.2H2/c1-5-19(2)6-7-23-16-25(24-8-9-30(40-4)33-17-24)26-14-21(15-29(38)31(26)32(23)39)13-22(10-11-34)27(18-35)28(37)12-20(3)36;1-3-2;;;/h8-9,16-17,19,21-22,27,34-35,39H,5-7,10-15,18H2,1-4H3;3H,1-2H3;1H2;2*1H. The van der Waals surface area contributed by atoms with Crippen LogP contribution in [0.1, 0.15) is 83.6 Å². The van der Waals surface area contributed by atoms with Crippen molar-refractivity contribution in [1.29, 1.82) is 0 Å². The number of Topliss-reactive ketones (excluding diaryl/α,β-unsaturated/α-hetero) is 3. The van der Waals surface area contributed by atoms with Crippen LogP contribution in [0, 0.1) is 23.7 Å². The highest BCUT2D eigenvalue weighted by atomic mass is 16.5. The maximum Gasteiger partial charge on any atom is 0.212 e. The second-order valence-electron chi connectivity index (χ2n) is 11.8. The molecule has 10 nitrogen and oxygen atoms in total. The Morgan fingerprint density at radius 1 is 1.18 bits per heavy atom. The SMILES string of the molecule is CCC(C)CCc1cc(-c2ccc(OC)nc2)c2c(c1O)C(=O)CC(CC(CCO)C(CO)C(=O)CC(C)=O)C2.CNC.O.[HH].[HH]. The minimum Gasteiger partial charge on any atom is -0.507 e. The first-order chi connectivity index (χ1) is 20.5. The highest BCUT2D eigenvalue weighted by Gasteiger charge is 2.36. The number of nitrogens with one attached hydrogen (secondary N) is 1. The monoisotopic (exact) mass is 620 g/mol. The Kier molecular flexibility index (Phi) is 17.0. The number of rotatable bonds is 15. The quantitative estimate of drug-likeness (QED) is 0.212. The van der Waals surface area contributed by atoms with Gasteiger partial charge in [-0.1, -0.05) is 20.3 Å². The molecule has 0 radical (unpaired) electrons. The molecule has 250 valence electrons. The van der Waals surface area contributed by atoms with Gasteiger partial charge in [-0.25, -0.2) is 4.98 Å². The van der Waals surface area contributed by atoms with E-state index in [9.17, 15) is 29.7 Å². The number of carbonyl (C=O) groups is 3. The lowest BCUT2D eigenvalue weighted by Gasteiger charge is -2.32. The number of methoxy groups -OCH3 is 1. The number of aromatic hydroxyl groups is 1. The fourth-order valence-corrected chi connectivity index (χ4v) is 5.85. The number of aliphatic hydroxyl groups is 2. The molecule has 0 saturated carbocycles. The lowest BCUT2D eigenvalue weighted by atomic mass is 9.72. The highest BCUT2D eigenvalue weighted by Crippen LogP contribution is 2.43. The van der Waals surface area contributed by atoms with Gasteiger partial charge in [-0.15, -0.1) is 0 Å². The second-order valence-corrected chi connectivity index (χ2v) is 11.8. The van der Waals surface area contributed by atoms with Crippen molar-refractivity contribution in [3.05, 3.63) is 41.1 Å². The molecule has 0 amide bonds. The first kappa shape index (κ1) is 38.8. The van der Waals surface area contributed by atoms with E-state index in [1.807, 2.05) is 26.2 Å². The number of aliphatic hydroxyl groups excluding tert-OH is 2. The van der Waals surface area contributed by atoms with Gasteiger partial charge >= 0.3 is 0 Å². The molecule has 1 aliphatic carbocycles. The van der Waals surface area contributed by atoms with Gasteiger partial charge in [-0.05, 0) is 99.7 Å². The number of fused-ring (bicyclic) bond motifs is 1. The first-order valence-corrected chi connectivity index (χ1v) is 15.3. The number of ketones is 3. The normalized spacial score (nSPS) is 16.0. The third-order valence-corrected chi connectivity index (χ3v) is 8.33. The molecular formula is C34H56N2O8. The molecule has 0 fully saturated rings. The number of pyridine rings is 1. The van der Waals surface area contributed by atoms with Crippen LogP contribution in [-0.4, -0.2) is 77.5 Å². The molecule has 0 spiro atoms. The van der Waals surface area contributed by atoms with E-state index in [2.05, 4.69) is 24.1 Å². The van der Waals surface area contributed by atoms with Crippen LogP contribution in [-0.2, 0) is 22.4 Å². The van der Waals surface area contributed by atoms with Gasteiger partial charge in [0.25, 0.3) is 0 Å². The Bertz CT molecular complexity index is 1230. The number of aromatic nitrogens is 1. The summed E-state index contributed by atoms with van der Waals surface area (Å²) in [5, 5.41) is 33.8. The van der Waals surface area contributed by atoms with Crippen LogP contribution in [0.15, 0.2) is 24.4 Å². The molecule has 3 rings (SSSR count). The van der Waals surface area contributed by atoms with Crippen molar-refractivity contribution < 1.29 is 42.8 Å². The molecule has 1 aromatic carbocycles. The van der Waals surface area contributed by atoms with Gasteiger partial charge in [-0.2, -0.15) is 0 Å². The molecule has 4 atom stereocenters. The zero-order chi connectivity index (χ0) is 32.1. The summed E-state index contributed by atoms with van der Waals surface area (Å²) in [6, 6.07) is 5.62. The number of aryl methyl sites for hydroxylation is 1. The van der Waals surface area contributed by atoms with Crippen molar-refractivity contribution in [3.8, 4) is 22.8 Å². The average molecular weight is 621 g/mol. The van der Waals surface area contributed by atoms with Crippen LogP contribution in [0.2, 0.25) is 0 Å². The lowest BCUT2D eigenvalue weighted by Crippen LogP contribution is -2.32. The zero-order valence-corrected chi connectivity index (χ0v) is 27.1. The van der Waals surface area contributed by atoms with Gasteiger partial charge in [0, 0.05) is 39.6 Å². The fourth-order valence-electron chi connectivity index (χ4n) is 5.85. The highest BCUT2D eigenvalue weighted by molar-refractivity contribution is 6.03. The Labute approximate surface area is 264 Å². The summed E-state index contributed by atoms with van der Waals surface area (Å²) in [4.78, 5) is 42.3. The maximum atomic E-state index is 13.6. The number of nitrogens with zero attached hydrogens (tertiary/aromatic N) is 1. The summed E-state index contributed by atoms with van der Waals surface area (Å²) < 4.78 is 5.22. The molecular weight excluding hydrogens is 564 g/mol. The van der Waals surface area contributed by atoms with Crippen molar-refractivity contribution in [2.45, 2.75) is 72.1 Å². The molecule has 6 N–H and O–H groups in total. The Morgan fingerprint density at radius 2 is 1.86 bits per heavy atom. The molecule has 0 saturated heterocycles. The van der Waals surface area contributed by atoms with Crippen LogP contribution >= 0.6 is 0 Å². The van der Waals surface area contributed by atoms with E-state index in [0.717, 1.165) is 35.1 Å². The van der Waals surface area contributed by atoms with Crippen molar-refractivity contribution in [2.24, 2.45) is 23.7 Å². The third kappa shape index (κ3) is 10.5. The number of hydrogen-bond donors (Lipinski definition) is 4. The number of phenolic OH excluding ortho intramolecular Hbond substituents is 1. The van der Waals surface area contributed by atoms with Crippen molar-refractivity contribution in [3.63, 3.8) is 0 Å². The molecule has 2 aromatic rings. The van der Waals surface area contributed by atoms with Crippen LogP contribution in [0.3, 0.4) is 0 Å². The molecule has 10 heteroatoms. The van der Waals surface area contributed by atoms with Crippen LogP contribution in [0.5, 0.6) is 11.6 Å². The van der Waals surface area contributed by atoms with Crippen LogP contribution < -0.4 is 10.1 Å². The molecule has 4 unspecified atom stereocenters. The summed E-state index contributed by atoms with van der Waals surface area (Å²) in [6.45, 7) is 5.05. The van der Waals surface area contributed by atoms with Gasteiger partial charge in [0.2, 0.25) is 5.88 Å². The van der Waals surface area contributed by atoms with E-state index in [0.29, 0.717) is 36.6 Å². The van der Waals surface area contributed by atoms with Gasteiger partial charge in [0.1, 0.15) is 17.3 Å². The largest absolute Gasteiger partial charge is 0.507 e. The van der Waals surface area contributed by atoms with Gasteiger partial charge in [-0.3, -0.25) is 14.4 Å². The van der Waals surface area contributed by atoms with Crippen molar-refractivity contribution in [2.75, 3.05) is 34.4 Å². The molecule has 1 heterocycles. The smallest absolute Gasteiger partial charge is 0.212 e. The van der Waals surface area contributed by atoms with E-state index in [-0.39, 0.29) is 69.1 Å². The van der Waals surface area contributed by atoms with E-state index >= 15 is 0 Å². The third-order valence-electron chi connectivity index (χ3n) is 8.33. The van der Waals surface area contributed by atoms with Crippen molar-refractivity contribution >= 4 is 17.3 Å². The fraction of sp³-hybridized carbons (Fsp3) is 0.588. The Hall–Kier alpha value is -3.18. The molecule has 44 heavy (non-hydrogen) atoms. The van der Waals surface area contributed by atoms with E-state index in [1.165, 1.54) is 6.92 Å². The van der Waals surface area contributed by atoms with Crippen LogP contribution in [0.25, 0.3) is 11.1 Å². The molecule has 1 aliphatic rings. The first-order valence-electron chi connectivity index (χ1n) is 15.3. The minimum absolute atomic E-state index is 0. The summed E-state index contributed by atoms with van der Waals surface area (Å²) >= 11 is 0. The van der Waals surface area contributed by atoms with Gasteiger partial charge in [0.05, 0.1) is 25.7 Å². The van der Waals surface area contributed by atoms with Crippen LogP contribution in [0.4, 0.5) is 0 Å². The van der Waals surface area contributed by atoms with E-state index in [1.54, 1.807) is 19.4 Å². The predicted octanol–water partition coefficient (Wildman–Crippen LogP) is 4.23. The minimum atomic E-state index is -0.783.